The standard InChI is InChI=1S/C18H21F3N4O2/c1-17(27,18(19,20)21)11-15(26)22-13-8-6-12(7-9-13)16-24-23-14-5-3-2-4-10-25(14)16/h6-9,27H,2-5,10-11H2,1H3,(H,22,26)/t17-/m0/s1. The predicted molar refractivity (Wildman–Crippen MR) is 92.9 cm³/mol. The van der Waals surface area contributed by atoms with Crippen molar-refractivity contribution in [1.82, 2.24) is 14.8 Å². The van der Waals surface area contributed by atoms with E-state index >= 15 is 0 Å². The highest BCUT2D eigenvalue weighted by molar-refractivity contribution is 5.91. The molecule has 2 N–H and O–H groups in total. The fourth-order valence-electron chi connectivity index (χ4n) is 3.02. The van der Waals surface area contributed by atoms with E-state index in [9.17, 15) is 23.1 Å². The topological polar surface area (TPSA) is 80.0 Å². The molecule has 27 heavy (non-hydrogen) atoms. The van der Waals surface area contributed by atoms with E-state index in [1.807, 2.05) is 0 Å². The number of benzene rings is 1. The lowest BCUT2D eigenvalue weighted by atomic mass is 10.0. The maximum Gasteiger partial charge on any atom is 0.417 e. The average Bonchev–Trinajstić information content (AvgIpc) is 2.82. The van der Waals surface area contributed by atoms with Gasteiger partial charge in [-0.3, -0.25) is 4.79 Å². The molecule has 0 unspecified atom stereocenters. The quantitative estimate of drug-likeness (QED) is 0.850. The first-order valence-electron chi connectivity index (χ1n) is 8.79. The summed E-state index contributed by atoms with van der Waals surface area (Å²) in [5.41, 5.74) is -1.91. The van der Waals surface area contributed by atoms with Crippen molar-refractivity contribution >= 4 is 11.6 Å². The van der Waals surface area contributed by atoms with E-state index in [1.54, 1.807) is 24.3 Å². The van der Waals surface area contributed by atoms with E-state index in [4.69, 9.17) is 0 Å². The van der Waals surface area contributed by atoms with Crippen molar-refractivity contribution in [2.75, 3.05) is 5.32 Å². The minimum absolute atomic E-state index is 0.345. The van der Waals surface area contributed by atoms with Crippen molar-refractivity contribution in [3.63, 3.8) is 0 Å². The molecule has 146 valence electrons. The molecule has 0 saturated heterocycles. The first-order valence-corrected chi connectivity index (χ1v) is 8.79. The third-order valence-corrected chi connectivity index (χ3v) is 4.65. The lowest BCUT2D eigenvalue weighted by Crippen LogP contribution is -2.44. The maximum absolute atomic E-state index is 12.7. The minimum Gasteiger partial charge on any atom is -0.380 e. The van der Waals surface area contributed by atoms with Crippen LogP contribution in [0.3, 0.4) is 0 Å². The number of carbonyl (C=O) groups is 1. The largest absolute Gasteiger partial charge is 0.417 e. The van der Waals surface area contributed by atoms with Gasteiger partial charge in [0.25, 0.3) is 0 Å². The molecular weight excluding hydrogens is 361 g/mol. The average molecular weight is 382 g/mol. The number of rotatable bonds is 4. The number of halogens is 3. The second-order valence-electron chi connectivity index (χ2n) is 6.98. The summed E-state index contributed by atoms with van der Waals surface area (Å²) in [5, 5.41) is 20.3. The number of amides is 1. The van der Waals surface area contributed by atoms with Gasteiger partial charge >= 0.3 is 6.18 Å². The Hall–Kier alpha value is -2.42. The Balaban J connectivity index is 1.70. The van der Waals surface area contributed by atoms with Crippen molar-refractivity contribution in [3.05, 3.63) is 30.1 Å². The Morgan fingerprint density at radius 3 is 2.56 bits per heavy atom. The maximum atomic E-state index is 12.7. The highest BCUT2D eigenvalue weighted by Gasteiger charge is 2.50. The number of fused-ring (bicyclic) bond motifs is 1. The van der Waals surface area contributed by atoms with E-state index in [0.29, 0.717) is 12.6 Å². The molecule has 0 bridgehead atoms. The summed E-state index contributed by atoms with van der Waals surface area (Å²) < 4.78 is 40.1. The molecule has 0 spiro atoms. The van der Waals surface area contributed by atoms with Crippen LogP contribution < -0.4 is 5.32 Å². The number of anilines is 1. The van der Waals surface area contributed by atoms with Crippen LogP contribution in [0.25, 0.3) is 11.4 Å². The normalized spacial score (nSPS) is 16.9. The number of nitrogens with one attached hydrogen (secondary N) is 1. The van der Waals surface area contributed by atoms with Gasteiger partial charge < -0.3 is 15.0 Å². The van der Waals surface area contributed by atoms with E-state index in [-0.39, 0.29) is 0 Å². The zero-order valence-corrected chi connectivity index (χ0v) is 14.9. The van der Waals surface area contributed by atoms with Gasteiger partial charge in [-0.15, -0.1) is 10.2 Å². The van der Waals surface area contributed by atoms with Crippen LogP contribution in [0.2, 0.25) is 0 Å². The van der Waals surface area contributed by atoms with Crippen LogP contribution in [0, 0.1) is 0 Å². The Morgan fingerprint density at radius 2 is 1.89 bits per heavy atom. The molecule has 1 amide bonds. The molecule has 1 aromatic carbocycles. The summed E-state index contributed by atoms with van der Waals surface area (Å²) in [4.78, 5) is 11.8. The first-order chi connectivity index (χ1) is 12.7. The van der Waals surface area contributed by atoms with Gasteiger partial charge in [-0.25, -0.2) is 0 Å². The Kier molecular flexibility index (Phi) is 5.23. The van der Waals surface area contributed by atoms with Gasteiger partial charge in [0, 0.05) is 24.2 Å². The van der Waals surface area contributed by atoms with E-state index < -0.39 is 24.1 Å². The number of alkyl halides is 3. The van der Waals surface area contributed by atoms with Gasteiger partial charge in [0.2, 0.25) is 5.91 Å². The molecule has 1 aliphatic heterocycles. The number of aliphatic hydroxyl groups is 1. The van der Waals surface area contributed by atoms with E-state index in [0.717, 1.165) is 49.4 Å². The van der Waals surface area contributed by atoms with Crippen molar-refractivity contribution in [2.45, 2.75) is 57.3 Å². The summed E-state index contributed by atoms with van der Waals surface area (Å²) in [6.07, 6.45) is -1.76. The molecule has 0 saturated carbocycles. The zero-order chi connectivity index (χ0) is 19.7. The number of hydrogen-bond donors (Lipinski definition) is 2. The summed E-state index contributed by atoms with van der Waals surface area (Å²) in [6, 6.07) is 6.65. The van der Waals surface area contributed by atoms with Crippen LogP contribution in [0.15, 0.2) is 24.3 Å². The van der Waals surface area contributed by atoms with Gasteiger partial charge in [-0.05, 0) is 44.0 Å². The van der Waals surface area contributed by atoms with Crippen LogP contribution in [0.4, 0.5) is 18.9 Å². The highest BCUT2D eigenvalue weighted by atomic mass is 19.4. The molecule has 1 aromatic heterocycles. The summed E-state index contributed by atoms with van der Waals surface area (Å²) in [7, 11) is 0. The molecule has 9 heteroatoms. The molecule has 1 aliphatic rings. The van der Waals surface area contributed by atoms with Crippen LogP contribution in [-0.4, -0.2) is 37.6 Å². The van der Waals surface area contributed by atoms with Crippen molar-refractivity contribution < 1.29 is 23.1 Å². The van der Waals surface area contributed by atoms with Crippen LogP contribution in [0.5, 0.6) is 0 Å². The molecule has 0 aliphatic carbocycles. The molecular formula is C18H21F3N4O2. The van der Waals surface area contributed by atoms with Gasteiger partial charge in [0.05, 0.1) is 6.42 Å². The molecule has 0 fully saturated rings. The Morgan fingerprint density at radius 1 is 1.19 bits per heavy atom. The van der Waals surface area contributed by atoms with Crippen LogP contribution in [0.1, 0.15) is 38.4 Å². The van der Waals surface area contributed by atoms with Crippen LogP contribution >= 0.6 is 0 Å². The molecule has 2 aromatic rings. The first kappa shape index (κ1) is 19.3. The number of nitrogens with zero attached hydrogens (tertiary/aromatic N) is 3. The summed E-state index contributed by atoms with van der Waals surface area (Å²) in [5.74, 6) is 0.778. The minimum atomic E-state index is -4.88. The van der Waals surface area contributed by atoms with E-state index in [2.05, 4.69) is 20.1 Å². The van der Waals surface area contributed by atoms with Gasteiger partial charge in [0.15, 0.2) is 11.4 Å². The second-order valence-corrected chi connectivity index (χ2v) is 6.98. The second kappa shape index (κ2) is 7.30. The van der Waals surface area contributed by atoms with E-state index in [1.165, 1.54) is 0 Å². The molecule has 6 nitrogen and oxygen atoms in total. The summed E-state index contributed by atoms with van der Waals surface area (Å²) >= 11 is 0. The van der Waals surface area contributed by atoms with Crippen molar-refractivity contribution in [3.8, 4) is 11.4 Å². The lowest BCUT2D eigenvalue weighted by Gasteiger charge is -2.25. The molecule has 3 rings (SSSR count). The van der Waals surface area contributed by atoms with Crippen molar-refractivity contribution in [2.24, 2.45) is 0 Å². The molecule has 0 radical (unpaired) electrons. The fourth-order valence-corrected chi connectivity index (χ4v) is 3.02. The van der Waals surface area contributed by atoms with Gasteiger partial charge in [-0.1, -0.05) is 6.42 Å². The number of aryl methyl sites for hydroxylation is 1. The number of aromatic nitrogens is 3. The fraction of sp³-hybridized carbons (Fsp3) is 0.500. The van der Waals surface area contributed by atoms with Gasteiger partial charge in [-0.2, -0.15) is 13.2 Å². The molecule has 2 heterocycles. The monoisotopic (exact) mass is 382 g/mol. The SMILES string of the molecule is C[C@](O)(CC(=O)Nc1ccc(-c2nnc3n2CCCCC3)cc1)C(F)(F)F. The Bertz CT molecular complexity index is 813. The summed E-state index contributed by atoms with van der Waals surface area (Å²) in [6.45, 7) is 1.43. The smallest absolute Gasteiger partial charge is 0.380 e. The third-order valence-electron chi connectivity index (χ3n) is 4.65. The number of hydrogen-bond acceptors (Lipinski definition) is 4. The highest BCUT2D eigenvalue weighted by Crippen LogP contribution is 2.33. The van der Waals surface area contributed by atoms with Gasteiger partial charge in [0.1, 0.15) is 5.82 Å². The van der Waals surface area contributed by atoms with Crippen LogP contribution in [-0.2, 0) is 17.8 Å². The van der Waals surface area contributed by atoms with Crippen molar-refractivity contribution in [1.29, 1.82) is 0 Å². The third kappa shape index (κ3) is 4.29. The lowest BCUT2D eigenvalue weighted by molar-refractivity contribution is -0.252. The number of carbonyl (C=O) groups excluding carboxylic acids is 1. The predicted octanol–water partition coefficient (Wildman–Crippen LogP) is 3.31. The Labute approximate surface area is 154 Å². The zero-order valence-electron chi connectivity index (χ0n) is 14.9. The molecule has 1 atom stereocenters.